The zero-order chi connectivity index (χ0) is 15.0. The highest BCUT2D eigenvalue weighted by Crippen LogP contribution is 2.33. The van der Waals surface area contributed by atoms with Crippen molar-refractivity contribution >= 4 is 22.4 Å². The average molecular weight is 286 g/mol. The number of non-ortho nitro benzene ring substituents is 1. The summed E-state index contributed by atoms with van der Waals surface area (Å²) >= 11 is 0. The quantitative estimate of drug-likeness (QED) is 0.524. The number of nitro groups is 1. The number of aromatic amines is 1. The van der Waals surface area contributed by atoms with Gasteiger partial charge in [-0.15, -0.1) is 0 Å². The van der Waals surface area contributed by atoms with E-state index in [1.807, 2.05) is 0 Å². The molecule has 1 aromatic heterocycles. The lowest BCUT2D eigenvalue weighted by molar-refractivity contribution is -0.384. The molecule has 1 aliphatic carbocycles. The molecule has 1 fully saturated rings. The molecule has 0 spiro atoms. The highest BCUT2D eigenvalue weighted by Gasteiger charge is 2.27. The first-order valence-electron chi connectivity index (χ1n) is 7.36. The number of ketones is 1. The van der Waals surface area contributed by atoms with Gasteiger partial charge in [0.15, 0.2) is 5.78 Å². The third-order valence-corrected chi connectivity index (χ3v) is 4.53. The number of nitro benzene ring substituents is 1. The van der Waals surface area contributed by atoms with Crippen molar-refractivity contribution in [2.24, 2.45) is 11.8 Å². The lowest BCUT2D eigenvalue weighted by atomic mass is 9.79. The van der Waals surface area contributed by atoms with Gasteiger partial charge in [0.1, 0.15) is 0 Å². The van der Waals surface area contributed by atoms with Crippen molar-refractivity contribution in [1.82, 2.24) is 4.98 Å². The van der Waals surface area contributed by atoms with Gasteiger partial charge >= 0.3 is 0 Å². The van der Waals surface area contributed by atoms with E-state index in [9.17, 15) is 14.9 Å². The fourth-order valence-electron chi connectivity index (χ4n) is 3.17. The molecule has 1 aromatic carbocycles. The topological polar surface area (TPSA) is 76.0 Å². The number of Topliss-reactive ketones (excluding diaryl/α,β-unsaturated/α-hetero) is 1. The molecule has 0 bridgehead atoms. The van der Waals surface area contributed by atoms with E-state index < -0.39 is 4.92 Å². The van der Waals surface area contributed by atoms with Gasteiger partial charge in [0.05, 0.1) is 10.4 Å². The minimum absolute atomic E-state index is 0.0369. The number of hydrogen-bond donors (Lipinski definition) is 1. The van der Waals surface area contributed by atoms with Crippen LogP contribution in [0.3, 0.4) is 0 Å². The highest BCUT2D eigenvalue weighted by molar-refractivity contribution is 6.09. The number of nitrogens with one attached hydrogen (secondary N) is 1. The first-order valence-corrected chi connectivity index (χ1v) is 7.36. The monoisotopic (exact) mass is 286 g/mol. The number of benzene rings is 1. The molecule has 0 unspecified atom stereocenters. The largest absolute Gasteiger partial charge is 0.360 e. The zero-order valence-electron chi connectivity index (χ0n) is 12.0. The molecule has 1 saturated carbocycles. The molecule has 1 N–H and O–H groups in total. The second kappa shape index (κ2) is 5.31. The standard InChI is InChI=1S/C16H18N2O3/c1-10-2-4-11(5-3-10)16(19)14-9-17-15-8-12(18(20)21)6-7-13(14)15/h6-11,17H,2-5H2,1H3. The SMILES string of the molecule is CC1CCC(C(=O)c2c[nH]c3cc([N+](=O)[O-])ccc23)CC1. The van der Waals surface area contributed by atoms with Gasteiger partial charge in [-0.1, -0.05) is 19.8 Å². The molecule has 0 saturated heterocycles. The Bertz CT molecular complexity index is 697. The van der Waals surface area contributed by atoms with E-state index in [1.54, 1.807) is 12.3 Å². The normalized spacial score (nSPS) is 22.3. The summed E-state index contributed by atoms with van der Waals surface area (Å²) in [7, 11) is 0. The fraction of sp³-hybridized carbons (Fsp3) is 0.438. The van der Waals surface area contributed by atoms with Crippen molar-refractivity contribution in [2.45, 2.75) is 32.6 Å². The second-order valence-corrected chi connectivity index (χ2v) is 6.01. The summed E-state index contributed by atoms with van der Waals surface area (Å²) in [5, 5.41) is 11.6. The van der Waals surface area contributed by atoms with Crippen molar-refractivity contribution in [3.63, 3.8) is 0 Å². The van der Waals surface area contributed by atoms with E-state index in [2.05, 4.69) is 11.9 Å². The van der Waals surface area contributed by atoms with Gasteiger partial charge in [-0.25, -0.2) is 0 Å². The van der Waals surface area contributed by atoms with Crippen molar-refractivity contribution in [2.75, 3.05) is 0 Å². The van der Waals surface area contributed by atoms with E-state index in [4.69, 9.17) is 0 Å². The van der Waals surface area contributed by atoms with E-state index in [0.29, 0.717) is 17.0 Å². The van der Waals surface area contributed by atoms with Gasteiger partial charge in [-0.3, -0.25) is 14.9 Å². The number of H-pyrrole nitrogens is 1. The van der Waals surface area contributed by atoms with Gasteiger partial charge in [-0.2, -0.15) is 0 Å². The van der Waals surface area contributed by atoms with Crippen LogP contribution in [0.4, 0.5) is 5.69 Å². The third-order valence-electron chi connectivity index (χ3n) is 4.53. The third kappa shape index (κ3) is 2.55. The predicted octanol–water partition coefficient (Wildman–Crippen LogP) is 4.09. The summed E-state index contributed by atoms with van der Waals surface area (Å²) in [4.78, 5) is 26.0. The molecule has 0 amide bonds. The lowest BCUT2D eigenvalue weighted by Crippen LogP contribution is -2.20. The number of fused-ring (bicyclic) bond motifs is 1. The summed E-state index contributed by atoms with van der Waals surface area (Å²) in [5.74, 6) is 0.970. The van der Waals surface area contributed by atoms with E-state index in [1.165, 1.54) is 12.1 Å². The number of rotatable bonds is 3. The van der Waals surface area contributed by atoms with Crippen LogP contribution in [0.5, 0.6) is 0 Å². The summed E-state index contributed by atoms with van der Waals surface area (Å²) in [6.07, 6.45) is 5.78. The maximum atomic E-state index is 12.6. The van der Waals surface area contributed by atoms with E-state index in [0.717, 1.165) is 31.1 Å². The van der Waals surface area contributed by atoms with Crippen molar-refractivity contribution < 1.29 is 9.72 Å². The van der Waals surface area contributed by atoms with Gasteiger partial charge < -0.3 is 4.98 Å². The van der Waals surface area contributed by atoms with Crippen LogP contribution >= 0.6 is 0 Å². The van der Waals surface area contributed by atoms with Crippen molar-refractivity contribution in [3.8, 4) is 0 Å². The number of carbonyl (C=O) groups excluding carboxylic acids is 1. The summed E-state index contributed by atoms with van der Waals surface area (Å²) in [5.41, 5.74) is 1.35. The molecule has 3 rings (SSSR count). The Morgan fingerprint density at radius 1 is 1.29 bits per heavy atom. The molecule has 21 heavy (non-hydrogen) atoms. The smallest absolute Gasteiger partial charge is 0.271 e. The predicted molar refractivity (Wildman–Crippen MR) is 80.4 cm³/mol. The minimum Gasteiger partial charge on any atom is -0.360 e. The number of hydrogen-bond acceptors (Lipinski definition) is 3. The molecule has 110 valence electrons. The van der Waals surface area contributed by atoms with Crippen molar-refractivity contribution in [3.05, 3.63) is 40.1 Å². The molecule has 1 heterocycles. The highest BCUT2D eigenvalue weighted by atomic mass is 16.6. The van der Waals surface area contributed by atoms with Crippen LogP contribution in [0.1, 0.15) is 43.0 Å². The minimum atomic E-state index is -0.426. The van der Waals surface area contributed by atoms with Gasteiger partial charge in [0.25, 0.3) is 5.69 Å². The molecule has 2 aromatic rings. The van der Waals surface area contributed by atoms with Gasteiger partial charge in [0.2, 0.25) is 0 Å². The molecule has 5 heteroatoms. The molecule has 0 radical (unpaired) electrons. The number of nitrogens with zero attached hydrogens (tertiary/aromatic N) is 1. The van der Waals surface area contributed by atoms with Gasteiger partial charge in [0, 0.05) is 35.2 Å². The Balaban J connectivity index is 1.90. The Labute approximate surface area is 122 Å². The maximum absolute atomic E-state index is 12.6. The summed E-state index contributed by atoms with van der Waals surface area (Å²) < 4.78 is 0. The lowest BCUT2D eigenvalue weighted by Gasteiger charge is -2.24. The summed E-state index contributed by atoms with van der Waals surface area (Å²) in [6, 6.07) is 4.60. The van der Waals surface area contributed by atoms with E-state index in [-0.39, 0.29) is 17.4 Å². The van der Waals surface area contributed by atoms with Gasteiger partial charge in [-0.05, 0) is 24.8 Å². The average Bonchev–Trinajstić information content (AvgIpc) is 2.90. The van der Waals surface area contributed by atoms with Crippen LogP contribution in [0.25, 0.3) is 10.9 Å². The van der Waals surface area contributed by atoms with Crippen molar-refractivity contribution in [1.29, 1.82) is 0 Å². The first kappa shape index (κ1) is 13.8. The number of carbonyl (C=O) groups is 1. The second-order valence-electron chi connectivity index (χ2n) is 6.01. The molecule has 0 atom stereocenters. The first-order chi connectivity index (χ1) is 10.1. The Kier molecular flexibility index (Phi) is 3.49. The summed E-state index contributed by atoms with van der Waals surface area (Å²) in [6.45, 7) is 2.23. The van der Waals surface area contributed by atoms with E-state index >= 15 is 0 Å². The van der Waals surface area contributed by atoms with Crippen LogP contribution in [0.2, 0.25) is 0 Å². The Morgan fingerprint density at radius 3 is 2.67 bits per heavy atom. The molecular formula is C16H18N2O3. The van der Waals surface area contributed by atoms with Crippen LogP contribution in [0.15, 0.2) is 24.4 Å². The molecular weight excluding hydrogens is 268 g/mol. The maximum Gasteiger partial charge on any atom is 0.271 e. The van der Waals surface area contributed by atoms with Crippen LogP contribution < -0.4 is 0 Å². The zero-order valence-corrected chi connectivity index (χ0v) is 12.0. The molecule has 0 aliphatic heterocycles. The van der Waals surface area contributed by atoms with Crippen LogP contribution in [-0.2, 0) is 0 Å². The van der Waals surface area contributed by atoms with Crippen LogP contribution in [-0.4, -0.2) is 15.7 Å². The van der Waals surface area contributed by atoms with Crippen LogP contribution in [0, 0.1) is 22.0 Å². The molecule has 5 nitrogen and oxygen atoms in total. The number of aromatic nitrogens is 1. The fourth-order valence-corrected chi connectivity index (χ4v) is 3.17. The Hall–Kier alpha value is -2.17. The Morgan fingerprint density at radius 2 is 2.00 bits per heavy atom. The molecule has 1 aliphatic rings.